The van der Waals surface area contributed by atoms with E-state index in [-0.39, 0.29) is 0 Å². The first-order chi connectivity index (χ1) is 5.85. The Balaban J connectivity index is 2.88. The first kappa shape index (κ1) is 10.7. The maximum absolute atomic E-state index is 9.67. The molecule has 0 bridgehead atoms. The van der Waals surface area contributed by atoms with Crippen molar-refractivity contribution < 1.29 is 15.3 Å². The van der Waals surface area contributed by atoms with Crippen LogP contribution in [-0.2, 0) is 0 Å². The molecule has 0 unspecified atom stereocenters. The van der Waals surface area contributed by atoms with E-state index in [0.29, 0.717) is 12.3 Å². The second kappa shape index (κ2) is 3.40. The smallest absolute Gasteiger partial charge is 0.117 e. The van der Waals surface area contributed by atoms with E-state index >= 15 is 0 Å². The first-order valence-electron chi connectivity index (χ1n) is 4.64. The molecule has 0 amide bonds. The van der Waals surface area contributed by atoms with Crippen LogP contribution in [0.4, 0.5) is 0 Å². The summed E-state index contributed by atoms with van der Waals surface area (Å²) < 4.78 is 0. The number of hydrogen-bond acceptors (Lipinski definition) is 3. The minimum atomic E-state index is -1.40. The summed E-state index contributed by atoms with van der Waals surface area (Å²) in [5, 5.41) is 28.8. The molecule has 13 heavy (non-hydrogen) atoms. The van der Waals surface area contributed by atoms with Gasteiger partial charge in [0.2, 0.25) is 0 Å². The van der Waals surface area contributed by atoms with Gasteiger partial charge in [0.05, 0.1) is 6.10 Å². The standard InChI is InChI=1S/C10H18O3/c1-6(2)7-4-8(11)10(3,13)9(12)5-7/h4,6,8-9,11-13H,5H2,1-3H3/t8-,9+,10-/m0/s1. The molecule has 1 aliphatic carbocycles. The Morgan fingerprint density at radius 2 is 2.00 bits per heavy atom. The van der Waals surface area contributed by atoms with E-state index in [1.807, 2.05) is 13.8 Å². The highest BCUT2D eigenvalue weighted by molar-refractivity contribution is 5.19. The van der Waals surface area contributed by atoms with Gasteiger partial charge in [-0.2, -0.15) is 0 Å². The second-order valence-corrected chi connectivity index (χ2v) is 4.29. The predicted molar refractivity (Wildman–Crippen MR) is 50.2 cm³/mol. The monoisotopic (exact) mass is 186 g/mol. The first-order valence-corrected chi connectivity index (χ1v) is 4.64. The summed E-state index contributed by atoms with van der Waals surface area (Å²) in [7, 11) is 0. The third-order valence-corrected chi connectivity index (χ3v) is 2.82. The fourth-order valence-electron chi connectivity index (χ4n) is 1.49. The van der Waals surface area contributed by atoms with Gasteiger partial charge in [0, 0.05) is 0 Å². The summed E-state index contributed by atoms with van der Waals surface area (Å²) in [6.07, 6.45) is 0.262. The molecule has 0 spiro atoms. The quantitative estimate of drug-likeness (QED) is 0.521. The number of aliphatic hydroxyl groups excluding tert-OH is 2. The molecule has 1 rings (SSSR count). The van der Waals surface area contributed by atoms with Gasteiger partial charge in [-0.05, 0) is 19.3 Å². The maximum Gasteiger partial charge on any atom is 0.117 e. The zero-order valence-electron chi connectivity index (χ0n) is 8.36. The van der Waals surface area contributed by atoms with Crippen LogP contribution in [-0.4, -0.2) is 33.1 Å². The molecule has 0 aliphatic heterocycles. The second-order valence-electron chi connectivity index (χ2n) is 4.29. The van der Waals surface area contributed by atoms with Gasteiger partial charge in [0.1, 0.15) is 11.7 Å². The van der Waals surface area contributed by atoms with E-state index in [4.69, 9.17) is 0 Å². The molecule has 3 N–H and O–H groups in total. The zero-order valence-corrected chi connectivity index (χ0v) is 8.36. The van der Waals surface area contributed by atoms with Gasteiger partial charge >= 0.3 is 0 Å². The Hall–Kier alpha value is -0.380. The molecule has 0 aromatic rings. The fraction of sp³-hybridized carbons (Fsp3) is 0.800. The van der Waals surface area contributed by atoms with E-state index in [9.17, 15) is 15.3 Å². The van der Waals surface area contributed by atoms with Crippen LogP contribution in [0.3, 0.4) is 0 Å². The maximum atomic E-state index is 9.67. The van der Waals surface area contributed by atoms with E-state index in [2.05, 4.69) is 0 Å². The summed E-state index contributed by atoms with van der Waals surface area (Å²) in [5.41, 5.74) is -0.398. The van der Waals surface area contributed by atoms with Crippen molar-refractivity contribution in [1.82, 2.24) is 0 Å². The van der Waals surface area contributed by atoms with Crippen molar-refractivity contribution in [3.8, 4) is 0 Å². The molecule has 0 aromatic heterocycles. The van der Waals surface area contributed by atoms with Crippen LogP contribution < -0.4 is 0 Å². The highest BCUT2D eigenvalue weighted by Crippen LogP contribution is 2.31. The van der Waals surface area contributed by atoms with Crippen molar-refractivity contribution in [1.29, 1.82) is 0 Å². The lowest BCUT2D eigenvalue weighted by Gasteiger charge is -2.37. The minimum Gasteiger partial charge on any atom is -0.390 e. The largest absolute Gasteiger partial charge is 0.390 e. The van der Waals surface area contributed by atoms with E-state index in [0.717, 1.165) is 5.57 Å². The summed E-state index contributed by atoms with van der Waals surface area (Å²) in [6.45, 7) is 5.46. The molecule has 3 heteroatoms. The van der Waals surface area contributed by atoms with Gasteiger partial charge in [0.15, 0.2) is 0 Å². The van der Waals surface area contributed by atoms with Crippen LogP contribution in [0, 0.1) is 5.92 Å². The average Bonchev–Trinajstić information content (AvgIpc) is 2.00. The highest BCUT2D eigenvalue weighted by atomic mass is 16.4. The summed E-state index contributed by atoms with van der Waals surface area (Å²) >= 11 is 0. The average molecular weight is 186 g/mol. The Bertz CT molecular complexity index is 218. The van der Waals surface area contributed by atoms with Crippen LogP contribution in [0.15, 0.2) is 11.6 Å². The van der Waals surface area contributed by atoms with Crippen molar-refractivity contribution in [2.75, 3.05) is 0 Å². The molecule has 0 saturated carbocycles. The lowest BCUT2D eigenvalue weighted by atomic mass is 9.79. The van der Waals surface area contributed by atoms with Crippen LogP contribution in [0.2, 0.25) is 0 Å². The summed E-state index contributed by atoms with van der Waals surface area (Å²) in [6, 6.07) is 0. The minimum absolute atomic E-state index is 0.306. The summed E-state index contributed by atoms with van der Waals surface area (Å²) in [4.78, 5) is 0. The number of rotatable bonds is 1. The molecular weight excluding hydrogens is 168 g/mol. The lowest BCUT2D eigenvalue weighted by Crippen LogP contribution is -2.51. The van der Waals surface area contributed by atoms with Gasteiger partial charge in [-0.25, -0.2) is 0 Å². The van der Waals surface area contributed by atoms with Crippen LogP contribution >= 0.6 is 0 Å². The zero-order chi connectivity index (χ0) is 10.2. The predicted octanol–water partition coefficient (Wildman–Crippen LogP) is 0.445. The Morgan fingerprint density at radius 3 is 2.38 bits per heavy atom. The molecule has 1 aliphatic rings. The SMILES string of the molecule is CC(C)C1=C[C@H](O)[C@](C)(O)[C@H](O)C1. The lowest BCUT2D eigenvalue weighted by molar-refractivity contribution is -0.124. The van der Waals surface area contributed by atoms with E-state index in [1.165, 1.54) is 6.92 Å². The van der Waals surface area contributed by atoms with Gasteiger partial charge in [-0.3, -0.25) is 0 Å². The van der Waals surface area contributed by atoms with Crippen LogP contribution in [0.5, 0.6) is 0 Å². The number of hydrogen-bond donors (Lipinski definition) is 3. The third-order valence-electron chi connectivity index (χ3n) is 2.82. The van der Waals surface area contributed by atoms with E-state index in [1.54, 1.807) is 6.08 Å². The fourth-order valence-corrected chi connectivity index (χ4v) is 1.49. The third kappa shape index (κ3) is 1.93. The molecule has 0 heterocycles. The van der Waals surface area contributed by atoms with Crippen molar-refractivity contribution in [3.05, 3.63) is 11.6 Å². The van der Waals surface area contributed by atoms with Gasteiger partial charge in [-0.15, -0.1) is 0 Å². The van der Waals surface area contributed by atoms with Gasteiger partial charge in [0.25, 0.3) is 0 Å². The van der Waals surface area contributed by atoms with Gasteiger partial charge in [-0.1, -0.05) is 25.5 Å². The Labute approximate surface area is 78.7 Å². The molecule has 3 nitrogen and oxygen atoms in total. The molecule has 0 aromatic carbocycles. The molecule has 3 atom stereocenters. The highest BCUT2D eigenvalue weighted by Gasteiger charge is 2.40. The van der Waals surface area contributed by atoms with Crippen molar-refractivity contribution >= 4 is 0 Å². The molecule has 0 radical (unpaired) electrons. The van der Waals surface area contributed by atoms with E-state index < -0.39 is 17.8 Å². The molecular formula is C10H18O3. The molecule has 0 saturated heterocycles. The number of aliphatic hydroxyl groups is 3. The van der Waals surface area contributed by atoms with Crippen molar-refractivity contribution in [2.24, 2.45) is 5.92 Å². The topological polar surface area (TPSA) is 60.7 Å². The van der Waals surface area contributed by atoms with Crippen LogP contribution in [0.1, 0.15) is 27.2 Å². The van der Waals surface area contributed by atoms with Crippen molar-refractivity contribution in [2.45, 2.75) is 45.0 Å². The van der Waals surface area contributed by atoms with Crippen molar-refractivity contribution in [3.63, 3.8) is 0 Å². The van der Waals surface area contributed by atoms with Gasteiger partial charge < -0.3 is 15.3 Å². The molecule has 76 valence electrons. The van der Waals surface area contributed by atoms with Crippen LogP contribution in [0.25, 0.3) is 0 Å². The Morgan fingerprint density at radius 1 is 1.46 bits per heavy atom. The summed E-state index contributed by atoms with van der Waals surface area (Å²) in [5.74, 6) is 0.306. The molecule has 0 fully saturated rings. The Kier molecular flexibility index (Phi) is 2.80. The normalized spacial score (nSPS) is 40.7.